The van der Waals surface area contributed by atoms with Gasteiger partial charge in [0.1, 0.15) is 5.75 Å². The second-order valence-corrected chi connectivity index (χ2v) is 4.35. The molecule has 2 N–H and O–H groups in total. The standard InChI is InChI=1S/C13H16N2O3/c1-3-8(2)13(17)14-9-4-5-11-10(6-9)15-12(16)7-18-11/h4-6,8H,3,7H2,1-2H3,(H,14,17)(H,15,16)/t8-/m0/s1. The summed E-state index contributed by atoms with van der Waals surface area (Å²) in [5.74, 6) is 0.372. The minimum absolute atomic E-state index is 0.0273. The van der Waals surface area contributed by atoms with E-state index in [0.717, 1.165) is 6.42 Å². The van der Waals surface area contributed by atoms with Gasteiger partial charge >= 0.3 is 0 Å². The van der Waals surface area contributed by atoms with Gasteiger partial charge in [0, 0.05) is 11.6 Å². The normalized spacial score (nSPS) is 15.1. The van der Waals surface area contributed by atoms with E-state index in [0.29, 0.717) is 17.1 Å². The van der Waals surface area contributed by atoms with Gasteiger partial charge in [-0.15, -0.1) is 0 Å². The highest BCUT2D eigenvalue weighted by molar-refractivity contribution is 5.97. The minimum atomic E-state index is -0.187. The van der Waals surface area contributed by atoms with Crippen LogP contribution in [0.5, 0.6) is 5.75 Å². The smallest absolute Gasteiger partial charge is 0.262 e. The molecule has 1 aliphatic rings. The molecular formula is C13H16N2O3. The zero-order valence-electron chi connectivity index (χ0n) is 10.4. The zero-order valence-corrected chi connectivity index (χ0v) is 10.4. The molecule has 1 heterocycles. The maximum Gasteiger partial charge on any atom is 0.262 e. The number of hydrogen-bond acceptors (Lipinski definition) is 3. The molecule has 0 aromatic heterocycles. The number of benzene rings is 1. The molecule has 18 heavy (non-hydrogen) atoms. The summed E-state index contributed by atoms with van der Waals surface area (Å²) in [6, 6.07) is 5.20. The number of amides is 2. The monoisotopic (exact) mass is 248 g/mol. The summed E-state index contributed by atoms with van der Waals surface area (Å²) in [5, 5.41) is 5.51. The average molecular weight is 248 g/mol. The molecule has 1 aromatic carbocycles. The lowest BCUT2D eigenvalue weighted by Crippen LogP contribution is -2.25. The van der Waals surface area contributed by atoms with Gasteiger partial charge in [-0.05, 0) is 24.6 Å². The fourth-order valence-corrected chi connectivity index (χ4v) is 1.61. The second-order valence-electron chi connectivity index (χ2n) is 4.35. The highest BCUT2D eigenvalue weighted by atomic mass is 16.5. The van der Waals surface area contributed by atoms with Gasteiger partial charge in [-0.2, -0.15) is 0 Å². The van der Waals surface area contributed by atoms with Gasteiger partial charge in [-0.25, -0.2) is 0 Å². The third-order valence-corrected chi connectivity index (χ3v) is 2.94. The molecule has 96 valence electrons. The van der Waals surface area contributed by atoms with Gasteiger partial charge < -0.3 is 15.4 Å². The predicted molar refractivity (Wildman–Crippen MR) is 68.7 cm³/mol. The van der Waals surface area contributed by atoms with E-state index < -0.39 is 0 Å². The van der Waals surface area contributed by atoms with Crippen LogP contribution in [0.25, 0.3) is 0 Å². The summed E-state index contributed by atoms with van der Waals surface area (Å²) in [6.45, 7) is 3.87. The van der Waals surface area contributed by atoms with E-state index >= 15 is 0 Å². The summed E-state index contributed by atoms with van der Waals surface area (Å²) in [5.41, 5.74) is 1.25. The Morgan fingerprint density at radius 2 is 2.33 bits per heavy atom. The van der Waals surface area contributed by atoms with Crippen LogP contribution in [0.2, 0.25) is 0 Å². The number of nitrogens with one attached hydrogen (secondary N) is 2. The fraction of sp³-hybridized carbons (Fsp3) is 0.385. The summed E-state index contributed by atoms with van der Waals surface area (Å²) < 4.78 is 5.24. The van der Waals surface area contributed by atoms with Crippen LogP contribution in [0.15, 0.2) is 18.2 Å². The minimum Gasteiger partial charge on any atom is -0.482 e. The molecule has 0 aliphatic carbocycles. The lowest BCUT2D eigenvalue weighted by Gasteiger charge is -2.19. The maximum absolute atomic E-state index is 11.7. The first kappa shape index (κ1) is 12.4. The van der Waals surface area contributed by atoms with Crippen molar-refractivity contribution in [1.82, 2.24) is 0 Å². The van der Waals surface area contributed by atoms with E-state index in [-0.39, 0.29) is 24.3 Å². The van der Waals surface area contributed by atoms with Crippen molar-refractivity contribution in [3.05, 3.63) is 18.2 Å². The third kappa shape index (κ3) is 2.61. The molecular weight excluding hydrogens is 232 g/mol. The number of carbonyl (C=O) groups is 2. The van der Waals surface area contributed by atoms with Crippen LogP contribution in [0, 0.1) is 5.92 Å². The van der Waals surface area contributed by atoms with E-state index in [1.807, 2.05) is 13.8 Å². The van der Waals surface area contributed by atoms with Crippen molar-refractivity contribution < 1.29 is 14.3 Å². The third-order valence-electron chi connectivity index (χ3n) is 2.94. The Balaban J connectivity index is 2.13. The maximum atomic E-state index is 11.7. The Hall–Kier alpha value is -2.04. The summed E-state index contributed by atoms with van der Waals surface area (Å²) in [4.78, 5) is 22.9. The van der Waals surface area contributed by atoms with Crippen molar-refractivity contribution >= 4 is 23.2 Å². The van der Waals surface area contributed by atoms with Crippen molar-refractivity contribution in [2.45, 2.75) is 20.3 Å². The number of ether oxygens (including phenoxy) is 1. The van der Waals surface area contributed by atoms with Crippen LogP contribution in [0.3, 0.4) is 0 Å². The van der Waals surface area contributed by atoms with Crippen molar-refractivity contribution in [3.8, 4) is 5.75 Å². The highest BCUT2D eigenvalue weighted by Crippen LogP contribution is 2.30. The summed E-state index contributed by atoms with van der Waals surface area (Å²) in [6.07, 6.45) is 0.788. The molecule has 2 amide bonds. The van der Waals surface area contributed by atoms with E-state index in [1.165, 1.54) is 0 Å². The van der Waals surface area contributed by atoms with E-state index in [4.69, 9.17) is 4.74 Å². The van der Waals surface area contributed by atoms with Gasteiger partial charge in [0.05, 0.1) is 5.69 Å². The molecule has 0 saturated heterocycles. The molecule has 0 radical (unpaired) electrons. The van der Waals surface area contributed by atoms with Crippen molar-refractivity contribution in [2.24, 2.45) is 5.92 Å². The zero-order chi connectivity index (χ0) is 13.1. The largest absolute Gasteiger partial charge is 0.482 e. The Labute approximate surface area is 106 Å². The first-order valence-corrected chi connectivity index (χ1v) is 5.97. The Morgan fingerprint density at radius 3 is 3.06 bits per heavy atom. The van der Waals surface area contributed by atoms with Crippen LogP contribution in [-0.4, -0.2) is 18.4 Å². The van der Waals surface area contributed by atoms with Crippen LogP contribution >= 0.6 is 0 Å². The Bertz CT molecular complexity index is 485. The molecule has 0 spiro atoms. The topological polar surface area (TPSA) is 67.4 Å². The lowest BCUT2D eigenvalue weighted by atomic mass is 10.1. The molecule has 2 rings (SSSR count). The van der Waals surface area contributed by atoms with Gasteiger partial charge in [0.25, 0.3) is 5.91 Å². The number of carbonyl (C=O) groups excluding carboxylic acids is 2. The van der Waals surface area contributed by atoms with Gasteiger partial charge in [0.15, 0.2) is 6.61 Å². The lowest BCUT2D eigenvalue weighted by molar-refractivity contribution is -0.119. The van der Waals surface area contributed by atoms with Crippen molar-refractivity contribution in [1.29, 1.82) is 0 Å². The Kier molecular flexibility index (Phi) is 3.50. The van der Waals surface area contributed by atoms with Crippen LogP contribution < -0.4 is 15.4 Å². The highest BCUT2D eigenvalue weighted by Gasteiger charge is 2.17. The molecule has 0 unspecified atom stereocenters. The summed E-state index contributed by atoms with van der Waals surface area (Å²) >= 11 is 0. The molecule has 1 atom stereocenters. The first-order chi connectivity index (χ1) is 8.60. The Morgan fingerprint density at radius 1 is 1.56 bits per heavy atom. The molecule has 0 fully saturated rings. The van der Waals surface area contributed by atoms with Gasteiger partial charge in [-0.1, -0.05) is 13.8 Å². The molecule has 1 aromatic rings. The van der Waals surface area contributed by atoms with E-state index in [1.54, 1.807) is 18.2 Å². The van der Waals surface area contributed by atoms with Crippen LogP contribution in [0.4, 0.5) is 11.4 Å². The SMILES string of the molecule is CC[C@H](C)C(=O)Nc1ccc2c(c1)NC(=O)CO2. The molecule has 0 bridgehead atoms. The molecule has 0 saturated carbocycles. The van der Waals surface area contributed by atoms with Crippen molar-refractivity contribution in [2.75, 3.05) is 17.2 Å². The van der Waals surface area contributed by atoms with Crippen molar-refractivity contribution in [3.63, 3.8) is 0 Å². The summed E-state index contributed by atoms with van der Waals surface area (Å²) in [7, 11) is 0. The van der Waals surface area contributed by atoms with Crippen LogP contribution in [-0.2, 0) is 9.59 Å². The number of rotatable bonds is 3. The number of anilines is 2. The predicted octanol–water partition coefficient (Wildman–Crippen LogP) is 2.00. The fourth-order valence-electron chi connectivity index (χ4n) is 1.61. The number of fused-ring (bicyclic) bond motifs is 1. The number of hydrogen-bond donors (Lipinski definition) is 2. The van der Waals surface area contributed by atoms with E-state index in [9.17, 15) is 9.59 Å². The quantitative estimate of drug-likeness (QED) is 0.859. The van der Waals surface area contributed by atoms with E-state index in [2.05, 4.69) is 10.6 Å². The van der Waals surface area contributed by atoms with Gasteiger partial charge in [0.2, 0.25) is 5.91 Å². The van der Waals surface area contributed by atoms with Gasteiger partial charge in [-0.3, -0.25) is 9.59 Å². The second kappa shape index (κ2) is 5.08. The molecule has 5 nitrogen and oxygen atoms in total. The molecule has 1 aliphatic heterocycles. The molecule has 5 heteroatoms. The first-order valence-electron chi connectivity index (χ1n) is 5.97. The van der Waals surface area contributed by atoms with Crippen LogP contribution in [0.1, 0.15) is 20.3 Å². The average Bonchev–Trinajstić information content (AvgIpc) is 2.37.